The summed E-state index contributed by atoms with van der Waals surface area (Å²) >= 11 is 12.2. The summed E-state index contributed by atoms with van der Waals surface area (Å²) in [7, 11) is 1.36. The summed E-state index contributed by atoms with van der Waals surface area (Å²) < 4.78 is 39.4. The van der Waals surface area contributed by atoms with Crippen LogP contribution >= 0.6 is 23.2 Å². The molecule has 0 radical (unpaired) electrons. The van der Waals surface area contributed by atoms with Crippen molar-refractivity contribution in [3.63, 3.8) is 0 Å². The lowest BCUT2D eigenvalue weighted by molar-refractivity contribution is -0.119. The van der Waals surface area contributed by atoms with Gasteiger partial charge in [-0.1, -0.05) is 59.6 Å². The monoisotopic (exact) mass is 625 g/mol. The normalized spacial score (nSPS) is 10.3. The first-order chi connectivity index (χ1) is 20.7. The number of benzene rings is 4. The maximum absolute atomic E-state index is 14.2. The number of carbonyl (C=O) groups excluding carboxylic acids is 3. The van der Waals surface area contributed by atoms with E-state index in [-0.39, 0.29) is 38.6 Å². The maximum atomic E-state index is 14.2. The number of anilines is 3. The minimum Gasteiger partial charge on any atom is -0.493 e. The molecule has 8 nitrogen and oxygen atoms in total. The largest absolute Gasteiger partial charge is 0.493 e. The molecule has 0 bridgehead atoms. The SMILES string of the molecule is COc1cc(C=C(C(=O)Nc2ccccc2F)C(=O)Nc2ccccc2F)ccc1OCC(=O)Nc1c(Cl)cccc1Cl. The summed E-state index contributed by atoms with van der Waals surface area (Å²) in [6, 6.07) is 20.0. The van der Waals surface area contributed by atoms with Gasteiger partial charge in [0.05, 0.1) is 34.2 Å². The van der Waals surface area contributed by atoms with Gasteiger partial charge in [0.2, 0.25) is 0 Å². The van der Waals surface area contributed by atoms with E-state index in [1.807, 2.05) is 0 Å². The highest BCUT2D eigenvalue weighted by molar-refractivity contribution is 6.39. The van der Waals surface area contributed by atoms with Crippen LogP contribution in [0.4, 0.5) is 25.8 Å². The number of halogens is 4. The Morgan fingerprint density at radius 3 is 1.84 bits per heavy atom. The number of hydrogen-bond acceptors (Lipinski definition) is 5. The van der Waals surface area contributed by atoms with E-state index in [0.29, 0.717) is 5.56 Å². The smallest absolute Gasteiger partial charge is 0.262 e. The lowest BCUT2D eigenvalue weighted by atomic mass is 10.1. The van der Waals surface area contributed by atoms with Crippen molar-refractivity contribution >= 4 is 64.1 Å². The lowest BCUT2D eigenvalue weighted by Crippen LogP contribution is -2.26. The van der Waals surface area contributed by atoms with Crippen LogP contribution in [0.3, 0.4) is 0 Å². The first-order valence-corrected chi connectivity index (χ1v) is 13.3. The van der Waals surface area contributed by atoms with E-state index in [1.54, 1.807) is 18.2 Å². The highest BCUT2D eigenvalue weighted by Gasteiger charge is 2.21. The Morgan fingerprint density at radius 2 is 1.30 bits per heavy atom. The van der Waals surface area contributed by atoms with Crippen molar-refractivity contribution in [3.05, 3.63) is 118 Å². The van der Waals surface area contributed by atoms with Crippen molar-refractivity contribution in [2.45, 2.75) is 0 Å². The Bertz CT molecular complexity index is 1630. The van der Waals surface area contributed by atoms with Gasteiger partial charge in [-0.15, -0.1) is 0 Å². The fraction of sp³-hybridized carbons (Fsp3) is 0.0645. The molecular weight excluding hydrogens is 603 g/mol. The van der Waals surface area contributed by atoms with Crippen molar-refractivity contribution in [3.8, 4) is 11.5 Å². The zero-order valence-electron chi connectivity index (χ0n) is 22.4. The molecule has 220 valence electrons. The van der Waals surface area contributed by atoms with Crippen LogP contribution in [-0.4, -0.2) is 31.4 Å². The van der Waals surface area contributed by atoms with Gasteiger partial charge in [0, 0.05) is 0 Å². The Labute approximate surface area is 255 Å². The predicted molar refractivity (Wildman–Crippen MR) is 162 cm³/mol. The average molecular weight is 626 g/mol. The third kappa shape index (κ3) is 8.09. The van der Waals surface area contributed by atoms with Gasteiger partial charge in [0.1, 0.15) is 17.2 Å². The highest BCUT2D eigenvalue weighted by Crippen LogP contribution is 2.31. The Kier molecular flexibility index (Phi) is 10.3. The number of nitrogens with one attached hydrogen (secondary N) is 3. The van der Waals surface area contributed by atoms with Gasteiger partial charge in [-0.2, -0.15) is 0 Å². The fourth-order valence-electron chi connectivity index (χ4n) is 3.73. The first-order valence-electron chi connectivity index (χ1n) is 12.5. The Hall–Kier alpha value is -4.93. The molecule has 0 fully saturated rings. The van der Waals surface area contributed by atoms with Gasteiger partial charge in [-0.3, -0.25) is 14.4 Å². The molecule has 4 aromatic carbocycles. The lowest BCUT2D eigenvalue weighted by Gasteiger charge is -2.14. The van der Waals surface area contributed by atoms with Crippen molar-refractivity contribution in [1.82, 2.24) is 0 Å². The van der Waals surface area contributed by atoms with E-state index >= 15 is 0 Å². The van der Waals surface area contributed by atoms with E-state index in [9.17, 15) is 23.2 Å². The van der Waals surface area contributed by atoms with Crippen LogP contribution in [0.25, 0.3) is 6.08 Å². The molecule has 12 heteroatoms. The van der Waals surface area contributed by atoms with Crippen LogP contribution in [0, 0.1) is 11.6 Å². The van der Waals surface area contributed by atoms with Gasteiger partial charge < -0.3 is 25.4 Å². The quantitative estimate of drug-likeness (QED) is 0.100. The van der Waals surface area contributed by atoms with Crippen molar-refractivity contribution in [1.29, 1.82) is 0 Å². The molecule has 0 spiro atoms. The third-order valence-electron chi connectivity index (χ3n) is 5.82. The maximum Gasteiger partial charge on any atom is 0.262 e. The van der Waals surface area contributed by atoms with Gasteiger partial charge in [0.25, 0.3) is 17.7 Å². The standard InChI is InChI=1S/C31H23Cl2F2N3O5/c1-42-27-16-18(13-14-26(27)43-17-28(39)38-29-20(32)7-6-8-21(29)33)15-19(30(40)36-24-11-4-2-9-22(24)34)31(41)37-25-12-5-3-10-23(25)35/h2-16H,17H2,1H3,(H,36,40)(H,37,41)(H,38,39). The van der Waals surface area contributed by atoms with Crippen molar-refractivity contribution in [2.75, 3.05) is 29.7 Å². The Morgan fingerprint density at radius 1 is 0.744 bits per heavy atom. The zero-order valence-corrected chi connectivity index (χ0v) is 23.9. The number of rotatable bonds is 10. The summed E-state index contributed by atoms with van der Waals surface area (Å²) in [5.74, 6) is -3.53. The summed E-state index contributed by atoms with van der Waals surface area (Å²) in [6.07, 6.45) is 1.21. The number of para-hydroxylation sites is 3. The molecule has 3 amide bonds. The number of ether oxygens (including phenoxy) is 2. The van der Waals surface area contributed by atoms with Gasteiger partial charge in [0.15, 0.2) is 18.1 Å². The molecule has 0 atom stereocenters. The molecule has 0 saturated heterocycles. The second-order valence-corrected chi connectivity index (χ2v) is 9.58. The van der Waals surface area contributed by atoms with Gasteiger partial charge in [-0.25, -0.2) is 8.78 Å². The van der Waals surface area contributed by atoms with E-state index in [2.05, 4.69) is 16.0 Å². The zero-order chi connectivity index (χ0) is 30.9. The van der Waals surface area contributed by atoms with Crippen molar-refractivity contribution < 1.29 is 32.6 Å². The van der Waals surface area contributed by atoms with Crippen LogP contribution in [0.5, 0.6) is 11.5 Å². The van der Waals surface area contributed by atoms with Gasteiger partial charge >= 0.3 is 0 Å². The fourth-order valence-corrected chi connectivity index (χ4v) is 4.23. The minimum atomic E-state index is -0.951. The molecule has 0 aliphatic rings. The molecule has 0 heterocycles. The van der Waals surface area contributed by atoms with E-state index in [0.717, 1.165) is 12.1 Å². The Balaban J connectivity index is 1.57. The number of methoxy groups -OCH3 is 1. The third-order valence-corrected chi connectivity index (χ3v) is 6.45. The molecule has 4 rings (SSSR count). The minimum absolute atomic E-state index is 0.158. The van der Waals surface area contributed by atoms with E-state index in [4.69, 9.17) is 32.7 Å². The first kappa shape index (κ1) is 31.0. The second-order valence-electron chi connectivity index (χ2n) is 8.77. The van der Waals surface area contributed by atoms with Gasteiger partial charge in [-0.05, 0) is 60.2 Å². The molecular formula is C31H23Cl2F2N3O5. The average Bonchev–Trinajstić information content (AvgIpc) is 2.99. The number of amides is 3. The molecule has 4 aromatic rings. The molecule has 0 saturated carbocycles. The molecule has 0 aliphatic heterocycles. The van der Waals surface area contributed by atoms with Crippen LogP contribution in [-0.2, 0) is 14.4 Å². The van der Waals surface area contributed by atoms with Crippen LogP contribution < -0.4 is 25.4 Å². The number of carbonyl (C=O) groups is 3. The number of hydrogen-bond donors (Lipinski definition) is 3. The van der Waals surface area contributed by atoms with Crippen molar-refractivity contribution in [2.24, 2.45) is 0 Å². The molecule has 0 unspecified atom stereocenters. The summed E-state index contributed by atoms with van der Waals surface area (Å²) in [5.41, 5.74) is -0.233. The molecule has 0 aromatic heterocycles. The van der Waals surface area contributed by atoms with E-state index < -0.39 is 41.5 Å². The molecule has 0 aliphatic carbocycles. The van der Waals surface area contributed by atoms with E-state index in [1.165, 1.54) is 67.8 Å². The molecule has 3 N–H and O–H groups in total. The molecule has 43 heavy (non-hydrogen) atoms. The van der Waals surface area contributed by atoms with Crippen LogP contribution in [0.1, 0.15) is 5.56 Å². The highest BCUT2D eigenvalue weighted by atomic mass is 35.5. The van der Waals surface area contributed by atoms with Crippen LogP contribution in [0.2, 0.25) is 10.0 Å². The summed E-state index contributed by atoms with van der Waals surface area (Å²) in [5, 5.41) is 7.80. The second kappa shape index (κ2) is 14.3. The summed E-state index contributed by atoms with van der Waals surface area (Å²) in [6.45, 7) is -0.422. The summed E-state index contributed by atoms with van der Waals surface area (Å²) in [4.78, 5) is 38.8. The predicted octanol–water partition coefficient (Wildman–Crippen LogP) is 6.96. The van der Waals surface area contributed by atoms with Crippen LogP contribution in [0.15, 0.2) is 90.5 Å². The topological polar surface area (TPSA) is 106 Å².